The van der Waals surface area contributed by atoms with Gasteiger partial charge < -0.3 is 15.0 Å². The Morgan fingerprint density at radius 2 is 2.29 bits per heavy atom. The molecule has 0 aliphatic carbocycles. The van der Waals surface area contributed by atoms with Crippen LogP contribution in [0.15, 0.2) is 18.2 Å². The van der Waals surface area contributed by atoms with E-state index in [4.69, 9.17) is 16.3 Å². The number of carbonyl (C=O) groups is 1. The summed E-state index contributed by atoms with van der Waals surface area (Å²) in [5.74, 6) is 1.07. The summed E-state index contributed by atoms with van der Waals surface area (Å²) in [4.78, 5) is 14.3. The lowest BCUT2D eigenvalue weighted by Crippen LogP contribution is -2.42. The van der Waals surface area contributed by atoms with Gasteiger partial charge in [-0.05, 0) is 44.5 Å². The molecule has 1 N–H and O–H groups in total. The fourth-order valence-corrected chi connectivity index (χ4v) is 3.07. The lowest BCUT2D eigenvalue weighted by Gasteiger charge is -2.30. The average molecular weight is 311 g/mol. The number of methoxy groups -OCH3 is 1. The highest BCUT2D eigenvalue weighted by Gasteiger charge is 2.27. The van der Waals surface area contributed by atoms with Crippen molar-refractivity contribution in [1.82, 2.24) is 10.2 Å². The van der Waals surface area contributed by atoms with Gasteiger partial charge >= 0.3 is 0 Å². The van der Waals surface area contributed by atoms with E-state index < -0.39 is 0 Å². The van der Waals surface area contributed by atoms with Crippen LogP contribution in [0.5, 0.6) is 5.75 Å². The number of benzene rings is 1. The zero-order valence-electron chi connectivity index (χ0n) is 12.9. The fraction of sp³-hybridized carbons (Fsp3) is 0.562. The van der Waals surface area contributed by atoms with Gasteiger partial charge in [-0.3, -0.25) is 4.79 Å². The molecule has 21 heavy (non-hydrogen) atoms. The van der Waals surface area contributed by atoms with Crippen LogP contribution in [0.2, 0.25) is 5.02 Å². The molecule has 2 atom stereocenters. The second-order valence-corrected chi connectivity index (χ2v) is 6.16. The number of rotatable bonds is 4. The van der Waals surface area contributed by atoms with Gasteiger partial charge in [-0.15, -0.1) is 0 Å². The van der Waals surface area contributed by atoms with E-state index in [2.05, 4.69) is 12.2 Å². The normalized spacial score (nSPS) is 21.9. The third kappa shape index (κ3) is 4.11. The Morgan fingerprint density at radius 1 is 1.52 bits per heavy atom. The number of piperidine rings is 1. The van der Waals surface area contributed by atoms with Crippen molar-refractivity contribution in [2.75, 3.05) is 20.7 Å². The Labute approximate surface area is 131 Å². The van der Waals surface area contributed by atoms with Gasteiger partial charge in [0.1, 0.15) is 5.75 Å². The van der Waals surface area contributed by atoms with Crippen LogP contribution in [0, 0.1) is 5.92 Å². The summed E-state index contributed by atoms with van der Waals surface area (Å²) in [5.41, 5.74) is 0.933. The number of carbonyl (C=O) groups excluding carboxylic acids is 1. The summed E-state index contributed by atoms with van der Waals surface area (Å²) in [5, 5.41) is 4.03. The smallest absolute Gasteiger partial charge is 0.225 e. The van der Waals surface area contributed by atoms with Crippen LogP contribution in [0.25, 0.3) is 0 Å². The highest BCUT2D eigenvalue weighted by atomic mass is 35.5. The van der Waals surface area contributed by atoms with Crippen molar-refractivity contribution in [1.29, 1.82) is 0 Å². The van der Waals surface area contributed by atoms with Gasteiger partial charge in [0.25, 0.3) is 0 Å². The minimum absolute atomic E-state index is 0.108. The zero-order chi connectivity index (χ0) is 15.4. The Morgan fingerprint density at radius 3 is 2.95 bits per heavy atom. The maximum atomic E-state index is 12.6. The number of halogens is 1. The molecule has 5 heteroatoms. The molecule has 1 aliphatic rings. The molecule has 0 bridgehead atoms. The van der Waals surface area contributed by atoms with Gasteiger partial charge in [-0.1, -0.05) is 11.6 Å². The van der Waals surface area contributed by atoms with Crippen LogP contribution >= 0.6 is 11.6 Å². The van der Waals surface area contributed by atoms with Gasteiger partial charge in [0.05, 0.1) is 7.11 Å². The van der Waals surface area contributed by atoms with Gasteiger partial charge in [-0.25, -0.2) is 0 Å². The van der Waals surface area contributed by atoms with Crippen molar-refractivity contribution in [3.05, 3.63) is 28.8 Å². The van der Waals surface area contributed by atoms with E-state index in [1.54, 1.807) is 18.1 Å². The first kappa shape index (κ1) is 16.1. The molecule has 0 unspecified atom stereocenters. The quantitative estimate of drug-likeness (QED) is 0.929. The molecular weight excluding hydrogens is 288 g/mol. The third-order valence-corrected chi connectivity index (χ3v) is 4.23. The first-order chi connectivity index (χ1) is 10.0. The number of hydrogen-bond donors (Lipinski definition) is 1. The van der Waals surface area contributed by atoms with Crippen molar-refractivity contribution in [2.45, 2.75) is 32.4 Å². The summed E-state index contributed by atoms with van der Waals surface area (Å²) < 4.78 is 5.34. The van der Waals surface area contributed by atoms with Crippen LogP contribution in [0.1, 0.15) is 25.3 Å². The highest BCUT2D eigenvalue weighted by molar-refractivity contribution is 6.30. The lowest BCUT2D eigenvalue weighted by atomic mass is 9.92. The summed E-state index contributed by atoms with van der Waals surface area (Å²) in [6.45, 7) is 3.55. The molecule has 1 aromatic rings. The fourth-order valence-electron chi connectivity index (χ4n) is 2.87. The van der Waals surface area contributed by atoms with Crippen LogP contribution < -0.4 is 10.1 Å². The van der Waals surface area contributed by atoms with Crippen molar-refractivity contribution >= 4 is 17.5 Å². The van der Waals surface area contributed by atoms with E-state index in [1.807, 2.05) is 19.2 Å². The molecule has 0 saturated carbocycles. The van der Waals surface area contributed by atoms with Crippen LogP contribution in [0.3, 0.4) is 0 Å². The van der Waals surface area contributed by atoms with Crippen molar-refractivity contribution < 1.29 is 9.53 Å². The van der Waals surface area contributed by atoms with E-state index in [0.29, 0.717) is 17.6 Å². The molecular formula is C16H23ClN2O2. The molecule has 0 spiro atoms. The van der Waals surface area contributed by atoms with E-state index in [9.17, 15) is 4.79 Å². The number of ether oxygens (including phenoxy) is 1. The lowest BCUT2D eigenvalue weighted by molar-refractivity contribution is -0.135. The van der Waals surface area contributed by atoms with Gasteiger partial charge in [0, 0.05) is 36.1 Å². The Balaban J connectivity index is 2.05. The topological polar surface area (TPSA) is 41.6 Å². The molecule has 1 amide bonds. The molecule has 0 aromatic heterocycles. The Kier molecular flexibility index (Phi) is 5.48. The molecule has 4 nitrogen and oxygen atoms in total. The van der Waals surface area contributed by atoms with Crippen molar-refractivity contribution in [3.63, 3.8) is 0 Å². The molecule has 1 aliphatic heterocycles. The Bertz CT molecular complexity index is 507. The third-order valence-electron chi connectivity index (χ3n) is 4.00. The summed E-state index contributed by atoms with van der Waals surface area (Å²) in [6.07, 6.45) is 1.80. The molecule has 1 saturated heterocycles. The second kappa shape index (κ2) is 7.14. The largest absolute Gasteiger partial charge is 0.496 e. The number of nitrogens with one attached hydrogen (secondary N) is 1. The van der Waals surface area contributed by atoms with E-state index >= 15 is 0 Å². The summed E-state index contributed by atoms with van der Waals surface area (Å²) in [7, 11) is 3.47. The van der Waals surface area contributed by atoms with Crippen LogP contribution in [-0.4, -0.2) is 37.6 Å². The minimum atomic E-state index is 0.108. The zero-order valence-corrected chi connectivity index (χ0v) is 13.6. The number of amides is 1. The van der Waals surface area contributed by atoms with E-state index in [0.717, 1.165) is 30.7 Å². The standard InChI is InChI=1S/C16H23ClN2O2/c1-11-8-12(6-7-18-11)16(20)19(2)10-13-9-14(17)4-5-15(13)21-3/h4-5,9,11-12,18H,6-8,10H2,1-3H3/t11-,12-/m0/s1. The maximum Gasteiger partial charge on any atom is 0.225 e. The summed E-state index contributed by atoms with van der Waals surface area (Å²) >= 11 is 6.04. The van der Waals surface area contributed by atoms with Gasteiger partial charge in [0.15, 0.2) is 0 Å². The highest BCUT2D eigenvalue weighted by Crippen LogP contribution is 2.25. The minimum Gasteiger partial charge on any atom is -0.496 e. The SMILES string of the molecule is COc1ccc(Cl)cc1CN(C)C(=O)[C@H]1CCN[C@@H](C)C1. The molecule has 1 aromatic carbocycles. The molecule has 1 heterocycles. The van der Waals surface area contributed by atoms with Crippen LogP contribution in [-0.2, 0) is 11.3 Å². The molecule has 116 valence electrons. The van der Waals surface area contributed by atoms with E-state index in [1.165, 1.54) is 0 Å². The first-order valence-electron chi connectivity index (χ1n) is 7.32. The van der Waals surface area contributed by atoms with E-state index in [-0.39, 0.29) is 11.8 Å². The summed E-state index contributed by atoms with van der Waals surface area (Å²) in [6, 6.07) is 5.89. The molecule has 0 radical (unpaired) electrons. The molecule has 2 rings (SSSR count). The average Bonchev–Trinajstić information content (AvgIpc) is 2.46. The first-order valence-corrected chi connectivity index (χ1v) is 7.70. The van der Waals surface area contributed by atoms with Crippen molar-refractivity contribution in [2.24, 2.45) is 5.92 Å². The van der Waals surface area contributed by atoms with Gasteiger partial charge in [-0.2, -0.15) is 0 Å². The molecule has 1 fully saturated rings. The Hall–Kier alpha value is -1.26. The monoisotopic (exact) mass is 310 g/mol. The predicted octanol–water partition coefficient (Wildman–Crippen LogP) is 2.70. The van der Waals surface area contributed by atoms with Gasteiger partial charge in [0.2, 0.25) is 5.91 Å². The van der Waals surface area contributed by atoms with Crippen molar-refractivity contribution in [3.8, 4) is 5.75 Å². The predicted molar refractivity (Wildman–Crippen MR) is 84.7 cm³/mol. The maximum absolute atomic E-state index is 12.6. The number of nitrogens with zero attached hydrogens (tertiary/aromatic N) is 1. The van der Waals surface area contributed by atoms with Crippen LogP contribution in [0.4, 0.5) is 0 Å². The number of hydrogen-bond acceptors (Lipinski definition) is 3. The second-order valence-electron chi connectivity index (χ2n) is 5.73.